The molecule has 0 aliphatic heterocycles. The van der Waals surface area contributed by atoms with E-state index in [1.807, 2.05) is 18.2 Å². The lowest BCUT2D eigenvalue weighted by Gasteiger charge is -2.04. The number of nitrogen functional groups attached to an aromatic ring is 1. The Kier molecular flexibility index (Phi) is 2.49. The highest BCUT2D eigenvalue weighted by atomic mass is 14.5. The Morgan fingerprint density at radius 3 is 2.73 bits per heavy atom. The van der Waals surface area contributed by atoms with E-state index in [1.165, 1.54) is 11.1 Å². The van der Waals surface area contributed by atoms with Crippen LogP contribution in [-0.4, -0.2) is 6.54 Å². The SMILES string of the molecule is Cc1ccc(N)cc1CCN. The summed E-state index contributed by atoms with van der Waals surface area (Å²) in [5, 5.41) is 0. The summed E-state index contributed by atoms with van der Waals surface area (Å²) in [4.78, 5) is 0. The van der Waals surface area contributed by atoms with Crippen molar-refractivity contribution in [1.82, 2.24) is 0 Å². The van der Waals surface area contributed by atoms with Crippen LogP contribution in [0.2, 0.25) is 0 Å². The molecule has 0 spiro atoms. The van der Waals surface area contributed by atoms with Crippen molar-refractivity contribution in [3.63, 3.8) is 0 Å². The number of aryl methyl sites for hydroxylation is 1. The highest BCUT2D eigenvalue weighted by molar-refractivity contribution is 5.44. The van der Waals surface area contributed by atoms with E-state index < -0.39 is 0 Å². The lowest BCUT2D eigenvalue weighted by molar-refractivity contribution is 0.959. The second-order valence-electron chi connectivity index (χ2n) is 2.72. The summed E-state index contributed by atoms with van der Waals surface area (Å²) in [6, 6.07) is 5.93. The first-order chi connectivity index (χ1) is 5.24. The molecule has 1 aromatic carbocycles. The standard InChI is InChI=1S/C9H14N2/c1-7-2-3-9(11)6-8(7)4-5-10/h2-3,6H,4-5,10-11H2,1H3. The largest absolute Gasteiger partial charge is 0.399 e. The summed E-state index contributed by atoms with van der Waals surface area (Å²) in [6.07, 6.45) is 0.914. The molecule has 1 aromatic rings. The fourth-order valence-corrected chi connectivity index (χ4v) is 1.12. The molecular formula is C9H14N2. The third kappa shape index (κ3) is 1.95. The van der Waals surface area contributed by atoms with Gasteiger partial charge in [-0.15, -0.1) is 0 Å². The fourth-order valence-electron chi connectivity index (χ4n) is 1.12. The molecule has 0 fully saturated rings. The molecule has 0 aliphatic carbocycles. The quantitative estimate of drug-likeness (QED) is 0.620. The molecular weight excluding hydrogens is 136 g/mol. The maximum absolute atomic E-state index is 5.62. The van der Waals surface area contributed by atoms with E-state index >= 15 is 0 Å². The average Bonchev–Trinajstić information content (AvgIpc) is 1.98. The van der Waals surface area contributed by atoms with Crippen LogP contribution >= 0.6 is 0 Å². The molecule has 60 valence electrons. The molecule has 0 aromatic heterocycles. The molecule has 1 rings (SSSR count). The van der Waals surface area contributed by atoms with Crippen molar-refractivity contribution >= 4 is 5.69 Å². The zero-order chi connectivity index (χ0) is 8.27. The number of benzene rings is 1. The third-order valence-electron chi connectivity index (χ3n) is 1.79. The van der Waals surface area contributed by atoms with Crippen molar-refractivity contribution in [3.05, 3.63) is 29.3 Å². The number of anilines is 1. The van der Waals surface area contributed by atoms with Crippen molar-refractivity contribution in [2.24, 2.45) is 5.73 Å². The minimum absolute atomic E-state index is 0.685. The van der Waals surface area contributed by atoms with Crippen LogP contribution in [0.1, 0.15) is 11.1 Å². The van der Waals surface area contributed by atoms with Gasteiger partial charge in [-0.2, -0.15) is 0 Å². The lowest BCUT2D eigenvalue weighted by Crippen LogP contribution is -2.04. The average molecular weight is 150 g/mol. The molecule has 0 radical (unpaired) electrons. The van der Waals surface area contributed by atoms with E-state index in [-0.39, 0.29) is 0 Å². The summed E-state index contributed by atoms with van der Waals surface area (Å²) < 4.78 is 0. The van der Waals surface area contributed by atoms with Crippen LogP contribution < -0.4 is 11.5 Å². The Morgan fingerprint density at radius 1 is 1.36 bits per heavy atom. The lowest BCUT2D eigenvalue weighted by atomic mass is 10.1. The zero-order valence-corrected chi connectivity index (χ0v) is 6.80. The molecule has 2 nitrogen and oxygen atoms in total. The molecule has 0 saturated carbocycles. The Hall–Kier alpha value is -1.02. The van der Waals surface area contributed by atoms with Gasteiger partial charge in [0.15, 0.2) is 0 Å². The first-order valence-electron chi connectivity index (χ1n) is 3.79. The predicted octanol–water partition coefficient (Wildman–Crippen LogP) is 1.08. The van der Waals surface area contributed by atoms with Crippen molar-refractivity contribution in [3.8, 4) is 0 Å². The molecule has 0 amide bonds. The number of hydrogen-bond acceptors (Lipinski definition) is 2. The van der Waals surface area contributed by atoms with Crippen molar-refractivity contribution in [2.75, 3.05) is 12.3 Å². The van der Waals surface area contributed by atoms with Gasteiger partial charge in [-0.1, -0.05) is 6.07 Å². The zero-order valence-electron chi connectivity index (χ0n) is 6.80. The number of rotatable bonds is 2. The smallest absolute Gasteiger partial charge is 0.0316 e. The van der Waals surface area contributed by atoms with E-state index in [4.69, 9.17) is 11.5 Å². The van der Waals surface area contributed by atoms with E-state index in [1.54, 1.807) is 0 Å². The van der Waals surface area contributed by atoms with Crippen molar-refractivity contribution < 1.29 is 0 Å². The van der Waals surface area contributed by atoms with Gasteiger partial charge in [0, 0.05) is 5.69 Å². The predicted molar refractivity (Wildman–Crippen MR) is 48.3 cm³/mol. The first-order valence-corrected chi connectivity index (χ1v) is 3.79. The molecule has 0 aliphatic rings. The third-order valence-corrected chi connectivity index (χ3v) is 1.79. The maximum atomic E-state index is 5.62. The van der Waals surface area contributed by atoms with Crippen LogP contribution in [0.5, 0.6) is 0 Å². The summed E-state index contributed by atoms with van der Waals surface area (Å²) in [5.41, 5.74) is 14.4. The molecule has 0 bridgehead atoms. The summed E-state index contributed by atoms with van der Waals surface area (Å²) in [5.74, 6) is 0. The Morgan fingerprint density at radius 2 is 2.09 bits per heavy atom. The van der Waals surface area contributed by atoms with Gasteiger partial charge in [0.1, 0.15) is 0 Å². The molecule has 0 saturated heterocycles. The minimum atomic E-state index is 0.685. The Labute approximate surface area is 67.2 Å². The fraction of sp³-hybridized carbons (Fsp3) is 0.333. The van der Waals surface area contributed by atoms with Crippen molar-refractivity contribution in [2.45, 2.75) is 13.3 Å². The van der Waals surface area contributed by atoms with Gasteiger partial charge in [0.05, 0.1) is 0 Å². The summed E-state index contributed by atoms with van der Waals surface area (Å²) in [6.45, 7) is 2.76. The number of hydrogen-bond donors (Lipinski definition) is 2. The van der Waals surface area contributed by atoms with Gasteiger partial charge in [-0.25, -0.2) is 0 Å². The van der Waals surface area contributed by atoms with Gasteiger partial charge in [0.25, 0.3) is 0 Å². The Balaban J connectivity index is 2.93. The van der Waals surface area contributed by atoms with Gasteiger partial charge in [-0.05, 0) is 43.1 Å². The monoisotopic (exact) mass is 150 g/mol. The highest BCUT2D eigenvalue weighted by Gasteiger charge is 1.96. The van der Waals surface area contributed by atoms with Crippen LogP contribution in [0.15, 0.2) is 18.2 Å². The van der Waals surface area contributed by atoms with E-state index in [0.29, 0.717) is 6.54 Å². The summed E-state index contributed by atoms with van der Waals surface area (Å²) >= 11 is 0. The van der Waals surface area contributed by atoms with Gasteiger partial charge in [0.2, 0.25) is 0 Å². The molecule has 0 atom stereocenters. The second kappa shape index (κ2) is 3.39. The van der Waals surface area contributed by atoms with Crippen LogP contribution in [0, 0.1) is 6.92 Å². The van der Waals surface area contributed by atoms with Crippen LogP contribution in [-0.2, 0) is 6.42 Å². The van der Waals surface area contributed by atoms with Crippen LogP contribution in [0.3, 0.4) is 0 Å². The molecule has 0 unspecified atom stereocenters. The number of nitrogens with two attached hydrogens (primary N) is 2. The van der Waals surface area contributed by atoms with Crippen LogP contribution in [0.4, 0.5) is 5.69 Å². The van der Waals surface area contributed by atoms with Gasteiger partial charge >= 0.3 is 0 Å². The second-order valence-corrected chi connectivity index (χ2v) is 2.72. The molecule has 4 N–H and O–H groups in total. The normalized spacial score (nSPS) is 10.0. The van der Waals surface area contributed by atoms with Crippen LogP contribution in [0.25, 0.3) is 0 Å². The van der Waals surface area contributed by atoms with E-state index in [9.17, 15) is 0 Å². The van der Waals surface area contributed by atoms with Gasteiger partial charge in [-0.3, -0.25) is 0 Å². The van der Waals surface area contributed by atoms with E-state index in [0.717, 1.165) is 12.1 Å². The van der Waals surface area contributed by atoms with Gasteiger partial charge < -0.3 is 11.5 Å². The Bertz CT molecular complexity index is 243. The molecule has 11 heavy (non-hydrogen) atoms. The molecule has 0 heterocycles. The maximum Gasteiger partial charge on any atom is 0.0316 e. The highest BCUT2D eigenvalue weighted by Crippen LogP contribution is 2.12. The minimum Gasteiger partial charge on any atom is -0.399 e. The van der Waals surface area contributed by atoms with Crippen molar-refractivity contribution in [1.29, 1.82) is 0 Å². The van der Waals surface area contributed by atoms with E-state index in [2.05, 4.69) is 6.92 Å². The topological polar surface area (TPSA) is 52.0 Å². The summed E-state index contributed by atoms with van der Waals surface area (Å²) in [7, 11) is 0. The first kappa shape index (κ1) is 8.08. The molecule has 2 heteroatoms.